The first-order valence-electron chi connectivity index (χ1n) is 15.1. The fraction of sp³-hybridized carbons (Fsp3) is 0.515. The zero-order chi connectivity index (χ0) is 28.2. The lowest BCUT2D eigenvalue weighted by Crippen LogP contribution is -2.74. The second kappa shape index (κ2) is 9.61. The summed E-state index contributed by atoms with van der Waals surface area (Å²) in [5, 5.41) is 13.2. The van der Waals surface area contributed by atoms with Crippen LogP contribution in [0.3, 0.4) is 0 Å². The zero-order valence-corrected chi connectivity index (χ0v) is 23.4. The number of carbonyl (C=O) groups is 3. The van der Waals surface area contributed by atoms with Crippen LogP contribution in [0, 0.1) is 11.8 Å². The summed E-state index contributed by atoms with van der Waals surface area (Å²) in [5.41, 5.74) is 2.06. The fourth-order valence-corrected chi connectivity index (χ4v) is 8.43. The molecule has 2 saturated carbocycles. The molecular formula is C33H36N4O4. The lowest BCUT2D eigenvalue weighted by Gasteiger charge is -2.56. The van der Waals surface area contributed by atoms with Crippen molar-refractivity contribution in [1.29, 1.82) is 0 Å². The van der Waals surface area contributed by atoms with Crippen LogP contribution in [0.15, 0.2) is 36.5 Å². The highest BCUT2D eigenvalue weighted by molar-refractivity contribution is 6.06. The third-order valence-electron chi connectivity index (χ3n) is 10.5. The van der Waals surface area contributed by atoms with Gasteiger partial charge in [0.1, 0.15) is 11.4 Å². The molecular weight excluding hydrogens is 516 g/mol. The van der Waals surface area contributed by atoms with Gasteiger partial charge in [-0.3, -0.25) is 14.5 Å². The number of pyridine rings is 1. The summed E-state index contributed by atoms with van der Waals surface area (Å²) in [7, 11) is 0. The number of hydrogen-bond acceptors (Lipinski definition) is 4. The third kappa shape index (κ3) is 3.96. The Kier molecular flexibility index (Phi) is 6.11. The van der Waals surface area contributed by atoms with Crippen LogP contribution in [0.2, 0.25) is 0 Å². The van der Waals surface area contributed by atoms with Crippen molar-refractivity contribution < 1.29 is 19.5 Å². The molecule has 212 valence electrons. The molecule has 2 N–H and O–H groups in total. The number of hydrogen-bond donors (Lipinski definition) is 2. The van der Waals surface area contributed by atoms with Crippen LogP contribution in [0.25, 0.3) is 0 Å². The molecule has 8 heteroatoms. The average Bonchev–Trinajstić information content (AvgIpc) is 3.62. The molecule has 5 aliphatic rings. The Morgan fingerprint density at radius 2 is 1.71 bits per heavy atom. The minimum Gasteiger partial charge on any atom is -0.465 e. The Balaban J connectivity index is 1.17. The smallest absolute Gasteiger partial charge is 0.408 e. The third-order valence-corrected chi connectivity index (χ3v) is 10.5. The van der Waals surface area contributed by atoms with Gasteiger partial charge in [0, 0.05) is 23.9 Å². The molecule has 0 bridgehead atoms. The molecule has 3 fully saturated rings. The number of benzene rings is 1. The minimum absolute atomic E-state index is 0.00332. The highest BCUT2D eigenvalue weighted by atomic mass is 16.4. The van der Waals surface area contributed by atoms with Crippen molar-refractivity contribution in [2.24, 2.45) is 0 Å². The number of nitrogens with one attached hydrogen (secondary N) is 1. The predicted octanol–water partition coefficient (Wildman–Crippen LogP) is 4.65. The van der Waals surface area contributed by atoms with Gasteiger partial charge in [-0.2, -0.15) is 0 Å². The molecule has 41 heavy (non-hydrogen) atoms. The van der Waals surface area contributed by atoms with Gasteiger partial charge in [-0.1, -0.05) is 62.5 Å². The van der Waals surface area contributed by atoms with Gasteiger partial charge in [0.05, 0.1) is 17.5 Å². The largest absolute Gasteiger partial charge is 0.465 e. The lowest BCUT2D eigenvalue weighted by atomic mass is 9.78. The molecule has 0 radical (unpaired) electrons. The number of anilines is 1. The van der Waals surface area contributed by atoms with Crippen molar-refractivity contribution in [3.8, 4) is 11.8 Å². The van der Waals surface area contributed by atoms with E-state index >= 15 is 0 Å². The van der Waals surface area contributed by atoms with Crippen molar-refractivity contribution in [2.45, 2.75) is 93.5 Å². The van der Waals surface area contributed by atoms with Gasteiger partial charge < -0.3 is 15.3 Å². The molecule has 0 unspecified atom stereocenters. The first-order valence-corrected chi connectivity index (χ1v) is 15.1. The van der Waals surface area contributed by atoms with Gasteiger partial charge in [0.15, 0.2) is 0 Å². The Hall–Kier alpha value is -3.86. The van der Waals surface area contributed by atoms with Crippen LogP contribution < -0.4 is 5.32 Å². The van der Waals surface area contributed by atoms with E-state index in [1.54, 1.807) is 6.20 Å². The van der Waals surface area contributed by atoms with Crippen molar-refractivity contribution in [3.05, 3.63) is 58.8 Å². The number of fused-ring (bicyclic) bond motifs is 3. The maximum Gasteiger partial charge on any atom is 0.408 e. The first kappa shape index (κ1) is 26.1. The van der Waals surface area contributed by atoms with E-state index in [9.17, 15) is 19.5 Å². The Bertz CT molecular complexity index is 1490. The molecule has 3 heterocycles. The van der Waals surface area contributed by atoms with E-state index in [1.807, 2.05) is 23.1 Å². The van der Waals surface area contributed by atoms with Crippen molar-refractivity contribution in [3.63, 3.8) is 0 Å². The molecule has 1 atom stereocenters. The maximum absolute atomic E-state index is 14.2. The molecule has 1 aromatic carbocycles. The normalized spacial score (nSPS) is 25.6. The number of nitrogens with zero attached hydrogens (tertiary/aromatic N) is 3. The van der Waals surface area contributed by atoms with E-state index in [4.69, 9.17) is 0 Å². The van der Waals surface area contributed by atoms with E-state index in [0.29, 0.717) is 44.6 Å². The highest BCUT2D eigenvalue weighted by Crippen LogP contribution is 2.48. The van der Waals surface area contributed by atoms with Crippen LogP contribution in [-0.4, -0.2) is 62.0 Å². The first-order chi connectivity index (χ1) is 19.9. The molecule has 2 aliphatic heterocycles. The van der Waals surface area contributed by atoms with Gasteiger partial charge in [-0.15, -0.1) is 0 Å². The van der Waals surface area contributed by atoms with Gasteiger partial charge in [0.2, 0.25) is 11.8 Å². The summed E-state index contributed by atoms with van der Waals surface area (Å²) in [6.45, 7) is 0.686. The molecule has 7 rings (SSSR count). The van der Waals surface area contributed by atoms with Crippen molar-refractivity contribution in [1.82, 2.24) is 14.8 Å². The van der Waals surface area contributed by atoms with Crippen LogP contribution >= 0.6 is 0 Å². The maximum atomic E-state index is 14.2. The molecule has 3 aliphatic carbocycles. The zero-order valence-electron chi connectivity index (χ0n) is 23.4. The lowest BCUT2D eigenvalue weighted by molar-refractivity contribution is -0.162. The summed E-state index contributed by atoms with van der Waals surface area (Å²) in [5.74, 6) is 7.25. The second-order valence-corrected chi connectivity index (χ2v) is 12.7. The topological polar surface area (TPSA) is 103 Å². The van der Waals surface area contributed by atoms with Crippen molar-refractivity contribution >= 4 is 23.7 Å². The number of aromatic nitrogens is 1. The van der Waals surface area contributed by atoms with Gasteiger partial charge in [-0.25, -0.2) is 9.78 Å². The fourth-order valence-electron chi connectivity index (χ4n) is 8.43. The summed E-state index contributed by atoms with van der Waals surface area (Å²) >= 11 is 0. The van der Waals surface area contributed by atoms with Crippen LogP contribution in [-0.2, 0) is 27.8 Å². The summed E-state index contributed by atoms with van der Waals surface area (Å²) < 4.78 is 0. The summed E-state index contributed by atoms with van der Waals surface area (Å²) in [6.07, 6.45) is 10.8. The summed E-state index contributed by atoms with van der Waals surface area (Å²) in [6, 6.07) is 10.0. The Morgan fingerprint density at radius 3 is 2.46 bits per heavy atom. The van der Waals surface area contributed by atoms with E-state index in [-0.39, 0.29) is 11.8 Å². The second-order valence-electron chi connectivity index (χ2n) is 12.7. The van der Waals surface area contributed by atoms with Gasteiger partial charge in [-0.05, 0) is 67.9 Å². The minimum atomic E-state index is -0.972. The average molecular weight is 553 g/mol. The predicted molar refractivity (Wildman–Crippen MR) is 153 cm³/mol. The quantitative estimate of drug-likeness (QED) is 0.502. The van der Waals surface area contributed by atoms with Crippen LogP contribution in [0.4, 0.5) is 10.6 Å². The molecule has 1 saturated heterocycles. The van der Waals surface area contributed by atoms with Crippen LogP contribution in [0.1, 0.15) is 86.5 Å². The number of rotatable bonds is 1. The Morgan fingerprint density at radius 1 is 0.976 bits per heavy atom. The number of carbonyl (C=O) groups excluding carboxylic acids is 2. The Labute approximate surface area is 240 Å². The monoisotopic (exact) mass is 552 g/mol. The van der Waals surface area contributed by atoms with Crippen molar-refractivity contribution in [2.75, 3.05) is 18.4 Å². The highest BCUT2D eigenvalue weighted by Gasteiger charge is 2.59. The van der Waals surface area contributed by atoms with E-state index < -0.39 is 22.6 Å². The molecule has 2 aromatic rings. The SMILES string of the molecule is O=C(O)N1CC2(CCCCCC2)N(CC#Cc2ccc3c(c2)C[C@@]2(C3)C(=O)Nc3ncccc32)C(=O)C12CCCC2. The molecule has 8 nitrogen and oxygen atoms in total. The number of piperazine rings is 1. The number of amides is 3. The molecule has 3 spiro atoms. The number of carboxylic acid groups (broad SMARTS) is 1. The van der Waals surface area contributed by atoms with Crippen LogP contribution in [0.5, 0.6) is 0 Å². The van der Waals surface area contributed by atoms with Gasteiger partial charge >= 0.3 is 6.09 Å². The van der Waals surface area contributed by atoms with E-state index in [0.717, 1.165) is 73.6 Å². The molecule has 3 amide bonds. The van der Waals surface area contributed by atoms with Gasteiger partial charge in [0.25, 0.3) is 0 Å². The van der Waals surface area contributed by atoms with E-state index in [2.05, 4.69) is 34.3 Å². The standard InChI is InChI=1S/C33H36N4O4/c38-28-32(26-10-7-17-34-27(26)35-28)20-24-12-11-23(19-25(24)21-32)9-8-18-36-29(39)33(15-5-6-16-33)37(30(40)41)22-31(36)13-3-1-2-4-14-31/h7,10-12,17,19H,1-6,13-16,18,20-22H2,(H,40,41)(H,34,35,38)/t32-/m1/s1. The van der Waals surface area contributed by atoms with E-state index in [1.165, 1.54) is 4.90 Å². The molecule has 1 aromatic heterocycles. The summed E-state index contributed by atoms with van der Waals surface area (Å²) in [4.78, 5) is 47.6.